The van der Waals surface area contributed by atoms with Gasteiger partial charge in [0.1, 0.15) is 0 Å². The van der Waals surface area contributed by atoms with E-state index in [9.17, 15) is 4.79 Å². The summed E-state index contributed by atoms with van der Waals surface area (Å²) >= 11 is 0. The van der Waals surface area contributed by atoms with Crippen molar-refractivity contribution >= 4 is 16.9 Å². The predicted octanol–water partition coefficient (Wildman–Crippen LogP) is 4.56. The van der Waals surface area contributed by atoms with Crippen LogP contribution in [0.25, 0.3) is 10.9 Å². The van der Waals surface area contributed by atoms with Crippen LogP contribution in [0.2, 0.25) is 0 Å². The number of carbonyl (C=O) groups excluding carboxylic acids is 1. The summed E-state index contributed by atoms with van der Waals surface area (Å²) < 4.78 is 5.05. The topological polar surface area (TPSA) is 45.3 Å². The highest BCUT2D eigenvalue weighted by Crippen LogP contribution is 2.19. The van der Waals surface area contributed by atoms with Gasteiger partial charge in [0.15, 0.2) is 0 Å². The normalized spacial score (nSPS) is 11.2. The summed E-state index contributed by atoms with van der Waals surface area (Å²) in [7, 11) is 0. The SMILES string of the molecule is CCOC(=O)CCCN(CCc1c[nH]c2ccccc12)Cc1ccccc1. The van der Waals surface area contributed by atoms with Gasteiger partial charge in [-0.2, -0.15) is 0 Å². The van der Waals surface area contributed by atoms with Crippen molar-refractivity contribution in [2.24, 2.45) is 0 Å². The van der Waals surface area contributed by atoms with Gasteiger partial charge in [0.25, 0.3) is 0 Å². The minimum Gasteiger partial charge on any atom is -0.466 e. The molecule has 1 aromatic heterocycles. The molecule has 0 aliphatic heterocycles. The number of esters is 1. The number of hydrogen-bond acceptors (Lipinski definition) is 3. The molecule has 1 heterocycles. The van der Waals surface area contributed by atoms with Crippen LogP contribution in [0.1, 0.15) is 30.9 Å². The molecule has 3 rings (SSSR count). The highest BCUT2D eigenvalue weighted by Gasteiger charge is 2.10. The number of rotatable bonds is 10. The van der Waals surface area contributed by atoms with E-state index in [4.69, 9.17) is 4.74 Å². The Kier molecular flexibility index (Phi) is 7.05. The zero-order valence-electron chi connectivity index (χ0n) is 16.0. The molecule has 0 bridgehead atoms. The third-order valence-electron chi connectivity index (χ3n) is 4.78. The fourth-order valence-corrected chi connectivity index (χ4v) is 3.41. The van der Waals surface area contributed by atoms with E-state index in [0.717, 1.165) is 32.5 Å². The summed E-state index contributed by atoms with van der Waals surface area (Å²) in [6.45, 7) is 5.04. The Balaban J connectivity index is 1.60. The molecule has 0 saturated carbocycles. The van der Waals surface area contributed by atoms with Crippen molar-refractivity contribution in [3.63, 3.8) is 0 Å². The Morgan fingerprint density at radius 1 is 1.04 bits per heavy atom. The van der Waals surface area contributed by atoms with Crippen molar-refractivity contribution in [1.82, 2.24) is 9.88 Å². The Morgan fingerprint density at radius 2 is 1.81 bits per heavy atom. The third-order valence-corrected chi connectivity index (χ3v) is 4.78. The lowest BCUT2D eigenvalue weighted by molar-refractivity contribution is -0.143. The lowest BCUT2D eigenvalue weighted by atomic mass is 10.1. The molecule has 0 amide bonds. The second-order valence-corrected chi connectivity index (χ2v) is 6.78. The van der Waals surface area contributed by atoms with E-state index in [1.807, 2.05) is 13.0 Å². The van der Waals surface area contributed by atoms with Gasteiger partial charge in [-0.05, 0) is 43.5 Å². The van der Waals surface area contributed by atoms with Crippen LogP contribution in [0.4, 0.5) is 0 Å². The second kappa shape index (κ2) is 9.93. The number of aromatic nitrogens is 1. The van der Waals surface area contributed by atoms with E-state index in [0.29, 0.717) is 13.0 Å². The van der Waals surface area contributed by atoms with Crippen LogP contribution in [0.3, 0.4) is 0 Å². The lowest BCUT2D eigenvalue weighted by Gasteiger charge is -2.22. The largest absolute Gasteiger partial charge is 0.466 e. The molecule has 0 fully saturated rings. The molecule has 2 aromatic carbocycles. The fourth-order valence-electron chi connectivity index (χ4n) is 3.41. The molecule has 4 heteroatoms. The summed E-state index contributed by atoms with van der Waals surface area (Å²) in [5.74, 6) is -0.103. The summed E-state index contributed by atoms with van der Waals surface area (Å²) in [5.41, 5.74) is 3.83. The zero-order chi connectivity index (χ0) is 18.9. The number of nitrogens with zero attached hydrogens (tertiary/aromatic N) is 1. The Hall–Kier alpha value is -2.59. The highest BCUT2D eigenvalue weighted by atomic mass is 16.5. The number of para-hydroxylation sites is 1. The zero-order valence-corrected chi connectivity index (χ0v) is 16.0. The fraction of sp³-hybridized carbons (Fsp3) is 0.348. The molecule has 0 atom stereocenters. The van der Waals surface area contributed by atoms with Crippen LogP contribution < -0.4 is 0 Å². The first-order valence-corrected chi connectivity index (χ1v) is 9.73. The Morgan fingerprint density at radius 3 is 2.63 bits per heavy atom. The molecule has 142 valence electrons. The molecule has 3 aromatic rings. The molecule has 0 saturated heterocycles. The number of fused-ring (bicyclic) bond motifs is 1. The van der Waals surface area contributed by atoms with Crippen molar-refractivity contribution in [3.8, 4) is 0 Å². The van der Waals surface area contributed by atoms with Crippen molar-refractivity contribution in [1.29, 1.82) is 0 Å². The molecule has 0 aliphatic rings. The number of benzene rings is 2. The van der Waals surface area contributed by atoms with Gasteiger partial charge in [-0.1, -0.05) is 48.5 Å². The van der Waals surface area contributed by atoms with E-state index >= 15 is 0 Å². The third kappa shape index (κ3) is 5.69. The van der Waals surface area contributed by atoms with Crippen molar-refractivity contribution in [3.05, 3.63) is 71.9 Å². The van der Waals surface area contributed by atoms with Crippen LogP contribution >= 0.6 is 0 Å². The maximum Gasteiger partial charge on any atom is 0.305 e. The second-order valence-electron chi connectivity index (χ2n) is 6.78. The van der Waals surface area contributed by atoms with E-state index in [-0.39, 0.29) is 5.97 Å². The summed E-state index contributed by atoms with van der Waals surface area (Å²) in [6.07, 6.45) is 4.39. The van der Waals surface area contributed by atoms with E-state index in [1.54, 1.807) is 0 Å². The van der Waals surface area contributed by atoms with E-state index < -0.39 is 0 Å². The molecule has 0 aliphatic carbocycles. The van der Waals surface area contributed by atoms with Crippen LogP contribution in [-0.2, 0) is 22.5 Å². The van der Waals surface area contributed by atoms with Gasteiger partial charge < -0.3 is 9.72 Å². The van der Waals surface area contributed by atoms with Crippen molar-refractivity contribution < 1.29 is 9.53 Å². The number of hydrogen-bond donors (Lipinski definition) is 1. The van der Waals surface area contributed by atoms with Crippen LogP contribution in [0.5, 0.6) is 0 Å². The highest BCUT2D eigenvalue weighted by molar-refractivity contribution is 5.83. The first-order chi connectivity index (χ1) is 13.3. The number of H-pyrrole nitrogens is 1. The molecule has 0 spiro atoms. The average Bonchev–Trinajstić information content (AvgIpc) is 3.10. The molecule has 1 N–H and O–H groups in total. The first-order valence-electron chi connectivity index (χ1n) is 9.73. The monoisotopic (exact) mass is 364 g/mol. The van der Waals surface area contributed by atoms with Crippen molar-refractivity contribution in [2.45, 2.75) is 32.7 Å². The predicted molar refractivity (Wildman–Crippen MR) is 110 cm³/mol. The van der Waals surface area contributed by atoms with Crippen LogP contribution in [0.15, 0.2) is 60.8 Å². The smallest absolute Gasteiger partial charge is 0.305 e. The maximum atomic E-state index is 11.6. The molecular formula is C23H28N2O2. The molecule has 4 nitrogen and oxygen atoms in total. The Bertz CT molecular complexity index is 842. The van der Waals surface area contributed by atoms with Gasteiger partial charge in [-0.3, -0.25) is 9.69 Å². The van der Waals surface area contributed by atoms with Gasteiger partial charge in [0.2, 0.25) is 0 Å². The number of nitrogens with one attached hydrogen (secondary N) is 1. The first kappa shape index (κ1) is 19.2. The van der Waals surface area contributed by atoms with Gasteiger partial charge in [0.05, 0.1) is 6.61 Å². The van der Waals surface area contributed by atoms with E-state index in [1.165, 1.54) is 22.0 Å². The number of carbonyl (C=O) groups is 1. The quantitative estimate of drug-likeness (QED) is 0.537. The van der Waals surface area contributed by atoms with Gasteiger partial charge in [-0.25, -0.2) is 0 Å². The van der Waals surface area contributed by atoms with E-state index in [2.05, 4.69) is 64.6 Å². The molecule has 0 unspecified atom stereocenters. The lowest BCUT2D eigenvalue weighted by Crippen LogP contribution is -2.27. The molecule has 27 heavy (non-hydrogen) atoms. The Labute approximate surface area is 161 Å². The summed E-state index contributed by atoms with van der Waals surface area (Å²) in [4.78, 5) is 17.4. The average molecular weight is 364 g/mol. The van der Waals surface area contributed by atoms with Gasteiger partial charge >= 0.3 is 5.97 Å². The van der Waals surface area contributed by atoms with Crippen LogP contribution in [0, 0.1) is 0 Å². The number of ether oxygens (including phenoxy) is 1. The van der Waals surface area contributed by atoms with Crippen molar-refractivity contribution in [2.75, 3.05) is 19.7 Å². The minimum absolute atomic E-state index is 0.103. The molecular weight excluding hydrogens is 336 g/mol. The number of aromatic amines is 1. The standard InChI is InChI=1S/C23H28N2O2/c1-2-27-23(26)13-8-15-25(18-19-9-4-3-5-10-19)16-14-20-17-24-22-12-7-6-11-21(20)22/h3-7,9-12,17,24H,2,8,13-16,18H2,1H3. The minimum atomic E-state index is -0.103. The van der Waals surface area contributed by atoms with Gasteiger partial charge in [0, 0.05) is 36.6 Å². The maximum absolute atomic E-state index is 11.6. The van der Waals surface area contributed by atoms with Gasteiger partial charge in [-0.15, -0.1) is 0 Å². The summed E-state index contributed by atoms with van der Waals surface area (Å²) in [5, 5.41) is 1.30. The van der Waals surface area contributed by atoms with Crippen LogP contribution in [-0.4, -0.2) is 35.5 Å². The molecule has 0 radical (unpaired) electrons. The summed E-state index contributed by atoms with van der Waals surface area (Å²) in [6, 6.07) is 18.9.